The van der Waals surface area contributed by atoms with Gasteiger partial charge in [-0.25, -0.2) is 0 Å². The first-order valence-corrected chi connectivity index (χ1v) is 13.4. The number of phenols is 1. The second-order valence-electron chi connectivity index (χ2n) is 9.00. The van der Waals surface area contributed by atoms with Crippen LogP contribution in [0.1, 0.15) is 38.7 Å². The summed E-state index contributed by atoms with van der Waals surface area (Å²) in [6.45, 7) is 10.5. The van der Waals surface area contributed by atoms with Crippen molar-refractivity contribution >= 4 is 43.7 Å². The first-order valence-electron chi connectivity index (χ1n) is 11.9. The molecule has 0 radical (unpaired) electrons. The van der Waals surface area contributed by atoms with Crippen LogP contribution in [-0.4, -0.2) is 90.1 Å². The van der Waals surface area contributed by atoms with Crippen LogP contribution < -0.4 is 0 Å². The van der Waals surface area contributed by atoms with Gasteiger partial charge < -0.3 is 19.6 Å². The zero-order valence-electron chi connectivity index (χ0n) is 19.6. The van der Waals surface area contributed by atoms with Crippen LogP contribution in [0.2, 0.25) is 0 Å². The second kappa shape index (κ2) is 12.5. The number of aromatic hydroxyl groups is 1. The number of piperidine rings is 1. The Morgan fingerprint density at radius 1 is 1.09 bits per heavy atom. The minimum absolute atomic E-state index is 0.109. The van der Waals surface area contributed by atoms with Gasteiger partial charge >= 0.3 is 5.97 Å². The molecule has 1 atom stereocenters. The average Bonchev–Trinajstić information content (AvgIpc) is 2.81. The molecular weight excluding hydrogens is 554 g/mol. The third-order valence-electron chi connectivity index (χ3n) is 6.68. The van der Waals surface area contributed by atoms with E-state index in [4.69, 9.17) is 4.74 Å². The maximum absolute atomic E-state index is 13.0. The lowest BCUT2D eigenvalue weighted by Crippen LogP contribution is -2.55. The van der Waals surface area contributed by atoms with E-state index in [1.807, 2.05) is 30.9 Å². The number of benzene rings is 1. The van der Waals surface area contributed by atoms with Crippen LogP contribution in [0.4, 0.5) is 0 Å². The van der Waals surface area contributed by atoms with Crippen LogP contribution in [0.5, 0.6) is 5.75 Å². The zero-order valence-corrected chi connectivity index (χ0v) is 22.7. The molecule has 2 aliphatic rings. The van der Waals surface area contributed by atoms with E-state index in [2.05, 4.69) is 41.7 Å². The van der Waals surface area contributed by atoms with E-state index in [9.17, 15) is 14.7 Å². The van der Waals surface area contributed by atoms with Crippen LogP contribution in [0.25, 0.3) is 0 Å². The number of ether oxygens (including phenoxy) is 1. The molecule has 33 heavy (non-hydrogen) atoms. The van der Waals surface area contributed by atoms with Gasteiger partial charge in [-0.2, -0.15) is 0 Å². The fraction of sp³-hybridized carbons (Fsp3) is 0.667. The SMILES string of the molecule is CCOC(=O)CCN1CCC(N2CCN(C(=O)[C@H](C)Cc3cc(Br)c(O)c(Br)c3)CC2)CC1. The predicted octanol–water partition coefficient (Wildman–Crippen LogP) is 3.66. The van der Waals surface area contributed by atoms with Gasteiger partial charge in [-0.05, 0) is 88.8 Å². The van der Waals surface area contributed by atoms with Crippen LogP contribution in [0, 0.1) is 5.92 Å². The number of halogens is 2. The first kappa shape index (κ1) is 26.4. The highest BCUT2D eigenvalue weighted by molar-refractivity contribution is 9.11. The van der Waals surface area contributed by atoms with Gasteiger partial charge in [0.15, 0.2) is 0 Å². The number of phenolic OH excluding ortho intramolecular Hbond substituents is 1. The summed E-state index contributed by atoms with van der Waals surface area (Å²) >= 11 is 6.73. The number of likely N-dealkylation sites (tertiary alicyclic amines) is 1. The van der Waals surface area contributed by atoms with Crippen molar-refractivity contribution in [1.29, 1.82) is 0 Å². The molecule has 0 saturated carbocycles. The number of hydrogen-bond acceptors (Lipinski definition) is 6. The van der Waals surface area contributed by atoms with Crippen molar-refractivity contribution in [2.45, 2.75) is 45.6 Å². The Labute approximate surface area is 213 Å². The van der Waals surface area contributed by atoms with Crippen molar-refractivity contribution in [3.63, 3.8) is 0 Å². The molecule has 2 fully saturated rings. The van der Waals surface area contributed by atoms with Gasteiger partial charge in [0.2, 0.25) is 5.91 Å². The third kappa shape index (κ3) is 7.41. The molecule has 0 bridgehead atoms. The van der Waals surface area contributed by atoms with Gasteiger partial charge in [0.1, 0.15) is 5.75 Å². The molecule has 184 valence electrons. The molecule has 9 heteroatoms. The van der Waals surface area contributed by atoms with E-state index in [0.29, 0.717) is 34.4 Å². The normalized spacial score (nSPS) is 19.5. The van der Waals surface area contributed by atoms with Crippen molar-refractivity contribution in [2.75, 3.05) is 52.4 Å². The summed E-state index contributed by atoms with van der Waals surface area (Å²) in [4.78, 5) is 31.5. The maximum atomic E-state index is 13.0. The molecule has 0 aliphatic carbocycles. The maximum Gasteiger partial charge on any atom is 0.307 e. The van der Waals surface area contributed by atoms with Crippen molar-refractivity contribution < 1.29 is 19.4 Å². The minimum Gasteiger partial charge on any atom is -0.506 e. The standard InChI is InChI=1S/C24H35Br2N3O4/c1-3-33-22(30)6-9-27-7-4-19(5-8-27)28-10-12-29(13-11-28)24(32)17(2)14-18-15-20(25)23(31)21(26)16-18/h15-17,19,31H,3-14H2,1-2H3/t17-/m1/s1. The summed E-state index contributed by atoms with van der Waals surface area (Å²) in [6, 6.07) is 4.31. The van der Waals surface area contributed by atoms with Crippen molar-refractivity contribution in [2.24, 2.45) is 5.92 Å². The van der Waals surface area contributed by atoms with Gasteiger partial charge in [0.25, 0.3) is 0 Å². The van der Waals surface area contributed by atoms with Gasteiger partial charge in [-0.15, -0.1) is 0 Å². The van der Waals surface area contributed by atoms with E-state index in [0.717, 1.165) is 64.2 Å². The Morgan fingerprint density at radius 2 is 1.70 bits per heavy atom. The Morgan fingerprint density at radius 3 is 2.27 bits per heavy atom. The average molecular weight is 589 g/mol. The fourth-order valence-corrected chi connectivity index (χ4v) is 6.07. The lowest BCUT2D eigenvalue weighted by molar-refractivity contribution is -0.143. The molecular formula is C24H35Br2N3O4. The molecule has 1 aromatic rings. The number of carbonyl (C=O) groups excluding carboxylic acids is 2. The molecule has 7 nitrogen and oxygen atoms in total. The van der Waals surface area contributed by atoms with Crippen molar-refractivity contribution in [3.05, 3.63) is 26.6 Å². The number of nitrogens with zero attached hydrogens (tertiary/aromatic N) is 3. The number of hydrogen-bond donors (Lipinski definition) is 1. The number of rotatable bonds is 8. The Kier molecular flexibility index (Phi) is 10.0. The van der Waals surface area contributed by atoms with Gasteiger partial charge in [-0.1, -0.05) is 6.92 Å². The molecule has 2 aliphatic heterocycles. The predicted molar refractivity (Wildman–Crippen MR) is 135 cm³/mol. The van der Waals surface area contributed by atoms with Gasteiger partial charge in [0, 0.05) is 44.7 Å². The highest BCUT2D eigenvalue weighted by Gasteiger charge is 2.30. The van der Waals surface area contributed by atoms with E-state index in [-0.39, 0.29) is 23.5 Å². The number of esters is 1. The molecule has 3 rings (SSSR count). The highest BCUT2D eigenvalue weighted by Crippen LogP contribution is 2.34. The van der Waals surface area contributed by atoms with E-state index in [1.165, 1.54) is 0 Å². The first-order chi connectivity index (χ1) is 15.8. The Balaban J connectivity index is 1.40. The molecule has 0 unspecified atom stereocenters. The van der Waals surface area contributed by atoms with Crippen LogP contribution in [0.3, 0.4) is 0 Å². The second-order valence-corrected chi connectivity index (χ2v) is 10.7. The van der Waals surface area contributed by atoms with Crippen molar-refractivity contribution in [3.8, 4) is 5.75 Å². The molecule has 2 heterocycles. The molecule has 0 spiro atoms. The Hall–Kier alpha value is -1.16. The van der Waals surface area contributed by atoms with Gasteiger partial charge in [-0.3, -0.25) is 14.5 Å². The molecule has 2 saturated heterocycles. The number of piperazine rings is 1. The van der Waals surface area contributed by atoms with Crippen LogP contribution in [-0.2, 0) is 20.7 Å². The summed E-state index contributed by atoms with van der Waals surface area (Å²) in [5.41, 5.74) is 1.01. The molecule has 1 amide bonds. The van der Waals surface area contributed by atoms with E-state index in [1.54, 1.807) is 0 Å². The zero-order chi connectivity index (χ0) is 24.0. The monoisotopic (exact) mass is 587 g/mol. The van der Waals surface area contributed by atoms with Crippen molar-refractivity contribution in [1.82, 2.24) is 14.7 Å². The number of amides is 1. The summed E-state index contributed by atoms with van der Waals surface area (Å²) in [5.74, 6) is 0.158. The summed E-state index contributed by atoms with van der Waals surface area (Å²) in [5, 5.41) is 9.90. The van der Waals surface area contributed by atoms with E-state index < -0.39 is 0 Å². The summed E-state index contributed by atoms with van der Waals surface area (Å²) in [6.07, 6.45) is 3.33. The van der Waals surface area contributed by atoms with Gasteiger partial charge in [0.05, 0.1) is 22.0 Å². The molecule has 1 N–H and O–H groups in total. The fourth-order valence-electron chi connectivity index (χ4n) is 4.79. The smallest absolute Gasteiger partial charge is 0.307 e. The molecule has 1 aromatic carbocycles. The lowest BCUT2D eigenvalue weighted by Gasteiger charge is -2.43. The minimum atomic E-state index is -0.111. The summed E-state index contributed by atoms with van der Waals surface area (Å²) in [7, 11) is 0. The molecule has 0 aromatic heterocycles. The largest absolute Gasteiger partial charge is 0.506 e. The van der Waals surface area contributed by atoms with E-state index >= 15 is 0 Å². The topological polar surface area (TPSA) is 73.3 Å². The van der Waals surface area contributed by atoms with Crippen LogP contribution in [0.15, 0.2) is 21.1 Å². The number of carbonyl (C=O) groups is 2. The summed E-state index contributed by atoms with van der Waals surface area (Å²) < 4.78 is 6.29. The lowest BCUT2D eigenvalue weighted by atomic mass is 9.98. The Bertz CT molecular complexity index is 799. The van der Waals surface area contributed by atoms with Crippen LogP contribution >= 0.6 is 31.9 Å². The quantitative estimate of drug-likeness (QED) is 0.467. The highest BCUT2D eigenvalue weighted by atomic mass is 79.9. The third-order valence-corrected chi connectivity index (χ3v) is 7.89.